The fourth-order valence-corrected chi connectivity index (χ4v) is 2.89. The van der Waals surface area contributed by atoms with Gasteiger partial charge in [0, 0.05) is 0 Å². The summed E-state index contributed by atoms with van der Waals surface area (Å²) >= 11 is 0. The molecule has 0 radical (unpaired) electrons. The number of ether oxygens (including phenoxy) is 1. The van der Waals surface area contributed by atoms with Gasteiger partial charge in [0.1, 0.15) is 5.75 Å². The van der Waals surface area contributed by atoms with Crippen LogP contribution in [0.2, 0.25) is 0 Å². The molecule has 1 atom stereocenters. The molecule has 0 saturated heterocycles. The third-order valence-electron chi connectivity index (χ3n) is 4.42. The number of carbonyl (C=O) groups excluding carboxylic acids is 1. The minimum atomic E-state index is -0.262. The zero-order chi connectivity index (χ0) is 18.2. The van der Waals surface area contributed by atoms with E-state index in [0.717, 1.165) is 24.0 Å². The number of hydrogen-bond acceptors (Lipinski definition) is 3. The smallest absolute Gasteiger partial charge is 0.313 e. The van der Waals surface area contributed by atoms with E-state index in [9.17, 15) is 9.90 Å². The van der Waals surface area contributed by atoms with Crippen LogP contribution in [0.15, 0.2) is 18.2 Å². The Hall–Kier alpha value is -1.51. The van der Waals surface area contributed by atoms with Crippen LogP contribution in [-0.4, -0.2) is 17.7 Å². The summed E-state index contributed by atoms with van der Waals surface area (Å²) in [6.45, 7) is 10.9. The molecule has 0 amide bonds. The largest absolute Gasteiger partial charge is 0.508 e. The van der Waals surface area contributed by atoms with E-state index < -0.39 is 0 Å². The topological polar surface area (TPSA) is 46.5 Å². The molecule has 0 aliphatic heterocycles. The van der Waals surface area contributed by atoms with Crippen molar-refractivity contribution >= 4 is 5.97 Å². The van der Waals surface area contributed by atoms with Crippen molar-refractivity contribution in [3.8, 4) is 5.75 Å². The van der Waals surface area contributed by atoms with Crippen molar-refractivity contribution < 1.29 is 14.6 Å². The van der Waals surface area contributed by atoms with Gasteiger partial charge in [-0.05, 0) is 35.4 Å². The summed E-state index contributed by atoms with van der Waals surface area (Å²) < 4.78 is 5.48. The number of unbranched alkanes of at least 4 members (excludes halogenated alkanes) is 4. The number of rotatable bonds is 9. The van der Waals surface area contributed by atoms with Crippen LogP contribution in [0.3, 0.4) is 0 Å². The number of phenols is 1. The summed E-state index contributed by atoms with van der Waals surface area (Å²) in [7, 11) is 0. The predicted molar refractivity (Wildman–Crippen MR) is 99.6 cm³/mol. The first-order valence-electron chi connectivity index (χ1n) is 9.31. The second-order valence-electron chi connectivity index (χ2n) is 7.57. The highest BCUT2D eigenvalue weighted by molar-refractivity contribution is 5.78. The van der Waals surface area contributed by atoms with Gasteiger partial charge in [-0.3, -0.25) is 4.79 Å². The first-order chi connectivity index (χ1) is 11.3. The van der Waals surface area contributed by atoms with Gasteiger partial charge in [0.2, 0.25) is 0 Å². The van der Waals surface area contributed by atoms with Crippen molar-refractivity contribution in [1.82, 2.24) is 0 Å². The maximum Gasteiger partial charge on any atom is 0.313 e. The number of phenolic OH excluding ortho intramolecular Hbond substituents is 1. The molecule has 0 bridgehead atoms. The molecule has 1 rings (SSSR count). The van der Waals surface area contributed by atoms with Crippen molar-refractivity contribution in [2.24, 2.45) is 0 Å². The molecule has 0 aromatic heterocycles. The molecule has 0 saturated carbocycles. The highest BCUT2D eigenvalue weighted by Crippen LogP contribution is 2.34. The molecule has 136 valence electrons. The lowest BCUT2D eigenvalue weighted by Crippen LogP contribution is -2.18. The van der Waals surface area contributed by atoms with Gasteiger partial charge in [-0.1, -0.05) is 72.4 Å². The maximum absolute atomic E-state index is 12.4. The van der Waals surface area contributed by atoms with Crippen molar-refractivity contribution in [3.05, 3.63) is 29.3 Å². The number of aromatic hydroxyl groups is 1. The van der Waals surface area contributed by atoms with Crippen LogP contribution < -0.4 is 0 Å². The van der Waals surface area contributed by atoms with Crippen molar-refractivity contribution in [2.75, 3.05) is 6.61 Å². The average Bonchev–Trinajstić information content (AvgIpc) is 2.52. The van der Waals surface area contributed by atoms with E-state index >= 15 is 0 Å². The van der Waals surface area contributed by atoms with Gasteiger partial charge >= 0.3 is 5.97 Å². The van der Waals surface area contributed by atoms with Crippen LogP contribution in [-0.2, 0) is 14.9 Å². The number of esters is 1. The molecule has 3 nitrogen and oxygen atoms in total. The van der Waals surface area contributed by atoms with Crippen LogP contribution in [0.25, 0.3) is 0 Å². The Morgan fingerprint density at radius 1 is 1.12 bits per heavy atom. The SMILES string of the molecule is CCCCCCCOC(=O)C(CC)c1ccc(O)c(C(C)(C)C)c1. The average molecular weight is 335 g/mol. The normalized spacial score (nSPS) is 12.9. The van der Waals surface area contributed by atoms with Crippen LogP contribution in [0.5, 0.6) is 5.75 Å². The molecule has 0 fully saturated rings. The second-order valence-corrected chi connectivity index (χ2v) is 7.57. The summed E-state index contributed by atoms with van der Waals surface area (Å²) in [5.41, 5.74) is 1.63. The summed E-state index contributed by atoms with van der Waals surface area (Å²) in [5, 5.41) is 10.1. The van der Waals surface area contributed by atoms with E-state index in [1.165, 1.54) is 19.3 Å². The molecule has 0 spiro atoms. The third-order valence-corrected chi connectivity index (χ3v) is 4.42. The van der Waals surface area contributed by atoms with Gasteiger partial charge in [0.15, 0.2) is 0 Å². The minimum absolute atomic E-state index is 0.154. The molecule has 0 aliphatic rings. The molecular formula is C21H34O3. The lowest BCUT2D eigenvalue weighted by Gasteiger charge is -2.23. The molecule has 1 aromatic rings. The Labute approximate surface area is 147 Å². The minimum Gasteiger partial charge on any atom is -0.508 e. The lowest BCUT2D eigenvalue weighted by atomic mass is 9.83. The van der Waals surface area contributed by atoms with E-state index in [2.05, 4.69) is 27.7 Å². The lowest BCUT2D eigenvalue weighted by molar-refractivity contribution is -0.145. The summed E-state index contributed by atoms with van der Waals surface area (Å²) in [5.74, 6) is -0.133. The van der Waals surface area contributed by atoms with Gasteiger partial charge in [-0.2, -0.15) is 0 Å². The Bertz CT molecular complexity index is 514. The molecule has 0 heterocycles. The van der Waals surface area contributed by atoms with E-state index in [0.29, 0.717) is 13.0 Å². The Morgan fingerprint density at radius 2 is 1.79 bits per heavy atom. The van der Waals surface area contributed by atoms with Gasteiger partial charge < -0.3 is 9.84 Å². The fourth-order valence-electron chi connectivity index (χ4n) is 2.89. The van der Waals surface area contributed by atoms with Gasteiger partial charge in [0.05, 0.1) is 12.5 Å². The summed E-state index contributed by atoms with van der Waals surface area (Å²) in [4.78, 5) is 12.4. The molecule has 1 N–H and O–H groups in total. The molecule has 0 aliphatic carbocycles. The summed E-state index contributed by atoms with van der Waals surface area (Å²) in [6.07, 6.45) is 6.42. The zero-order valence-corrected chi connectivity index (χ0v) is 16.0. The van der Waals surface area contributed by atoms with E-state index in [1.807, 2.05) is 19.1 Å². The maximum atomic E-state index is 12.4. The second kappa shape index (κ2) is 9.71. The predicted octanol–water partition coefficient (Wildman–Crippen LogP) is 5.70. The highest BCUT2D eigenvalue weighted by Gasteiger charge is 2.24. The van der Waals surface area contributed by atoms with E-state index in [1.54, 1.807) is 6.07 Å². The molecule has 1 unspecified atom stereocenters. The van der Waals surface area contributed by atoms with E-state index in [-0.39, 0.29) is 23.1 Å². The van der Waals surface area contributed by atoms with Crippen LogP contribution in [0, 0.1) is 0 Å². The Kier molecular flexibility index (Phi) is 8.30. The fraction of sp³-hybridized carbons (Fsp3) is 0.667. The number of benzene rings is 1. The van der Waals surface area contributed by atoms with Crippen LogP contribution >= 0.6 is 0 Å². The van der Waals surface area contributed by atoms with Crippen molar-refractivity contribution in [3.63, 3.8) is 0 Å². The van der Waals surface area contributed by atoms with Crippen LogP contribution in [0.1, 0.15) is 90.2 Å². The standard InChI is InChI=1S/C21H34O3/c1-6-8-9-10-11-14-24-20(23)17(7-2)16-12-13-19(22)18(15-16)21(3,4)5/h12-13,15,17,22H,6-11,14H2,1-5H3. The monoisotopic (exact) mass is 334 g/mol. The van der Waals surface area contributed by atoms with Gasteiger partial charge in [-0.25, -0.2) is 0 Å². The highest BCUT2D eigenvalue weighted by atomic mass is 16.5. The quantitative estimate of drug-likeness (QED) is 0.465. The first kappa shape index (κ1) is 20.5. The summed E-state index contributed by atoms with van der Waals surface area (Å²) in [6, 6.07) is 5.48. The number of carbonyl (C=O) groups is 1. The Balaban J connectivity index is 2.70. The molecule has 1 aromatic carbocycles. The van der Waals surface area contributed by atoms with Crippen molar-refractivity contribution in [1.29, 1.82) is 0 Å². The van der Waals surface area contributed by atoms with E-state index in [4.69, 9.17) is 4.74 Å². The van der Waals surface area contributed by atoms with Crippen LogP contribution in [0.4, 0.5) is 0 Å². The third kappa shape index (κ3) is 6.18. The Morgan fingerprint density at radius 3 is 2.38 bits per heavy atom. The zero-order valence-electron chi connectivity index (χ0n) is 16.0. The molecular weight excluding hydrogens is 300 g/mol. The van der Waals surface area contributed by atoms with Gasteiger partial charge in [0.25, 0.3) is 0 Å². The van der Waals surface area contributed by atoms with Crippen molar-refractivity contribution in [2.45, 2.75) is 84.5 Å². The number of hydrogen-bond donors (Lipinski definition) is 1. The molecule has 3 heteroatoms. The first-order valence-corrected chi connectivity index (χ1v) is 9.31. The molecule has 24 heavy (non-hydrogen) atoms. The van der Waals surface area contributed by atoms with Gasteiger partial charge in [-0.15, -0.1) is 0 Å².